The standard InChI is InChI=1S/C19H19N3O2/c23-17(22-24)13-7-12-16-18(14-8-3-1-4-9-14)20-21-19(16)15-10-5-2-6-11-15/h1-6,8-11,24H,7,12-13H2,(H,20,21)(H,22,23). The molecule has 0 unspecified atom stereocenters. The summed E-state index contributed by atoms with van der Waals surface area (Å²) in [5.74, 6) is -0.374. The molecule has 0 bridgehead atoms. The van der Waals surface area contributed by atoms with Crippen LogP contribution in [0.5, 0.6) is 0 Å². The Morgan fingerprint density at radius 2 is 1.62 bits per heavy atom. The molecule has 122 valence electrons. The molecule has 2 aromatic carbocycles. The molecule has 1 heterocycles. The van der Waals surface area contributed by atoms with E-state index in [1.165, 1.54) is 0 Å². The van der Waals surface area contributed by atoms with Gasteiger partial charge in [0.1, 0.15) is 0 Å². The molecule has 0 aliphatic rings. The van der Waals surface area contributed by atoms with Crippen molar-refractivity contribution in [3.8, 4) is 22.5 Å². The number of hydrogen-bond donors (Lipinski definition) is 3. The fourth-order valence-electron chi connectivity index (χ4n) is 2.77. The van der Waals surface area contributed by atoms with Crippen LogP contribution in [0, 0.1) is 0 Å². The van der Waals surface area contributed by atoms with Gasteiger partial charge in [-0.15, -0.1) is 0 Å². The zero-order chi connectivity index (χ0) is 16.8. The molecule has 3 N–H and O–H groups in total. The summed E-state index contributed by atoms with van der Waals surface area (Å²) in [6.45, 7) is 0. The fourth-order valence-corrected chi connectivity index (χ4v) is 2.77. The third-order valence-electron chi connectivity index (χ3n) is 3.93. The molecule has 0 saturated heterocycles. The lowest BCUT2D eigenvalue weighted by Crippen LogP contribution is -2.18. The van der Waals surface area contributed by atoms with E-state index in [4.69, 9.17) is 5.21 Å². The van der Waals surface area contributed by atoms with Gasteiger partial charge in [0.15, 0.2) is 0 Å². The van der Waals surface area contributed by atoms with Gasteiger partial charge in [-0.25, -0.2) is 5.48 Å². The molecule has 5 nitrogen and oxygen atoms in total. The van der Waals surface area contributed by atoms with E-state index >= 15 is 0 Å². The molecule has 5 heteroatoms. The number of benzene rings is 2. The molecular formula is C19H19N3O2. The highest BCUT2D eigenvalue weighted by molar-refractivity contribution is 5.76. The minimum atomic E-state index is -0.374. The Hall–Kier alpha value is -2.92. The van der Waals surface area contributed by atoms with Crippen molar-refractivity contribution in [1.82, 2.24) is 15.7 Å². The molecule has 1 aromatic heterocycles. The summed E-state index contributed by atoms with van der Waals surface area (Å²) in [6, 6.07) is 20.0. The molecule has 0 aliphatic heterocycles. The molecule has 0 saturated carbocycles. The number of hydroxylamine groups is 1. The summed E-state index contributed by atoms with van der Waals surface area (Å²) in [6.07, 6.45) is 1.59. The monoisotopic (exact) mass is 321 g/mol. The van der Waals surface area contributed by atoms with E-state index in [2.05, 4.69) is 10.2 Å². The van der Waals surface area contributed by atoms with Crippen molar-refractivity contribution >= 4 is 5.91 Å². The molecule has 0 spiro atoms. The predicted octanol–water partition coefficient (Wildman–Crippen LogP) is 3.57. The van der Waals surface area contributed by atoms with Crippen molar-refractivity contribution in [2.24, 2.45) is 0 Å². The van der Waals surface area contributed by atoms with E-state index in [0.717, 1.165) is 28.1 Å². The second-order valence-electron chi connectivity index (χ2n) is 5.55. The first-order chi connectivity index (χ1) is 11.8. The second-order valence-corrected chi connectivity index (χ2v) is 5.55. The normalized spacial score (nSPS) is 10.5. The Bertz CT molecular complexity index is 741. The van der Waals surface area contributed by atoms with Crippen LogP contribution in [-0.4, -0.2) is 21.3 Å². The number of carbonyl (C=O) groups excluding carboxylic acids is 1. The lowest BCUT2D eigenvalue weighted by atomic mass is 9.97. The number of nitrogens with one attached hydrogen (secondary N) is 2. The summed E-state index contributed by atoms with van der Waals surface area (Å²) < 4.78 is 0. The van der Waals surface area contributed by atoms with Gasteiger partial charge < -0.3 is 0 Å². The van der Waals surface area contributed by atoms with Crippen LogP contribution >= 0.6 is 0 Å². The minimum absolute atomic E-state index is 0.268. The Kier molecular flexibility index (Phi) is 5.03. The van der Waals surface area contributed by atoms with E-state index in [-0.39, 0.29) is 12.3 Å². The van der Waals surface area contributed by atoms with Crippen LogP contribution in [0.1, 0.15) is 18.4 Å². The number of aromatic nitrogens is 2. The largest absolute Gasteiger partial charge is 0.289 e. The van der Waals surface area contributed by atoms with Gasteiger partial charge in [-0.3, -0.25) is 15.1 Å². The Balaban J connectivity index is 1.95. The Labute approximate surface area is 140 Å². The van der Waals surface area contributed by atoms with Crippen molar-refractivity contribution in [2.45, 2.75) is 19.3 Å². The van der Waals surface area contributed by atoms with Crippen LogP contribution in [0.4, 0.5) is 0 Å². The summed E-state index contributed by atoms with van der Waals surface area (Å²) >= 11 is 0. The molecule has 0 aliphatic carbocycles. The topological polar surface area (TPSA) is 78.0 Å². The first-order valence-electron chi connectivity index (χ1n) is 7.90. The molecule has 0 atom stereocenters. The van der Waals surface area contributed by atoms with Gasteiger partial charge in [-0.1, -0.05) is 60.7 Å². The lowest BCUT2D eigenvalue weighted by Gasteiger charge is -2.06. The highest BCUT2D eigenvalue weighted by Crippen LogP contribution is 2.31. The van der Waals surface area contributed by atoms with E-state index in [0.29, 0.717) is 12.8 Å². The maximum Gasteiger partial charge on any atom is 0.243 e. The molecule has 0 radical (unpaired) electrons. The van der Waals surface area contributed by atoms with E-state index in [1.807, 2.05) is 60.7 Å². The Morgan fingerprint density at radius 1 is 1.00 bits per heavy atom. The zero-order valence-electron chi connectivity index (χ0n) is 13.2. The van der Waals surface area contributed by atoms with Crippen LogP contribution in [0.3, 0.4) is 0 Å². The van der Waals surface area contributed by atoms with Crippen LogP contribution in [0.2, 0.25) is 0 Å². The average Bonchev–Trinajstić information content (AvgIpc) is 3.07. The maximum absolute atomic E-state index is 11.3. The second kappa shape index (κ2) is 7.57. The molecule has 3 aromatic rings. The van der Waals surface area contributed by atoms with Gasteiger partial charge in [0.2, 0.25) is 5.91 Å². The van der Waals surface area contributed by atoms with Crippen molar-refractivity contribution < 1.29 is 10.0 Å². The van der Waals surface area contributed by atoms with Crippen molar-refractivity contribution in [2.75, 3.05) is 0 Å². The highest BCUT2D eigenvalue weighted by atomic mass is 16.5. The number of hydrogen-bond acceptors (Lipinski definition) is 3. The number of rotatable bonds is 6. The SMILES string of the molecule is O=C(CCCc1c(-c2ccccc2)n[nH]c1-c1ccccc1)NO. The van der Waals surface area contributed by atoms with E-state index in [9.17, 15) is 4.79 Å². The quantitative estimate of drug-likeness (QED) is 0.480. The summed E-state index contributed by atoms with van der Waals surface area (Å²) in [7, 11) is 0. The smallest absolute Gasteiger partial charge is 0.243 e. The summed E-state index contributed by atoms with van der Waals surface area (Å²) in [4.78, 5) is 11.3. The zero-order valence-corrected chi connectivity index (χ0v) is 13.2. The molecule has 1 amide bonds. The van der Waals surface area contributed by atoms with Gasteiger partial charge in [-0.05, 0) is 18.4 Å². The molecule has 0 fully saturated rings. The van der Waals surface area contributed by atoms with Crippen molar-refractivity contribution in [3.63, 3.8) is 0 Å². The first kappa shape index (κ1) is 16.0. The van der Waals surface area contributed by atoms with Crippen LogP contribution in [-0.2, 0) is 11.2 Å². The van der Waals surface area contributed by atoms with Gasteiger partial charge >= 0.3 is 0 Å². The molecule has 3 rings (SSSR count). The van der Waals surface area contributed by atoms with Crippen LogP contribution in [0.15, 0.2) is 60.7 Å². The van der Waals surface area contributed by atoms with E-state index < -0.39 is 0 Å². The number of aromatic amines is 1. The third-order valence-corrected chi connectivity index (χ3v) is 3.93. The number of H-pyrrole nitrogens is 1. The van der Waals surface area contributed by atoms with Crippen LogP contribution in [0.25, 0.3) is 22.5 Å². The average molecular weight is 321 g/mol. The number of nitrogens with zero attached hydrogens (tertiary/aromatic N) is 1. The van der Waals surface area contributed by atoms with Gasteiger partial charge in [0.05, 0.1) is 11.4 Å². The Morgan fingerprint density at radius 3 is 2.25 bits per heavy atom. The molecule has 24 heavy (non-hydrogen) atoms. The fraction of sp³-hybridized carbons (Fsp3) is 0.158. The maximum atomic E-state index is 11.3. The van der Waals surface area contributed by atoms with E-state index in [1.54, 1.807) is 5.48 Å². The van der Waals surface area contributed by atoms with Gasteiger partial charge in [0, 0.05) is 17.5 Å². The lowest BCUT2D eigenvalue weighted by molar-refractivity contribution is -0.129. The highest BCUT2D eigenvalue weighted by Gasteiger charge is 2.16. The minimum Gasteiger partial charge on any atom is -0.289 e. The predicted molar refractivity (Wildman–Crippen MR) is 92.3 cm³/mol. The van der Waals surface area contributed by atoms with Gasteiger partial charge in [0.25, 0.3) is 0 Å². The summed E-state index contributed by atoms with van der Waals surface area (Å²) in [5.41, 5.74) is 6.73. The number of carbonyl (C=O) groups is 1. The van der Waals surface area contributed by atoms with Crippen molar-refractivity contribution in [3.05, 3.63) is 66.2 Å². The number of amides is 1. The first-order valence-corrected chi connectivity index (χ1v) is 7.90. The molecular weight excluding hydrogens is 302 g/mol. The summed E-state index contributed by atoms with van der Waals surface area (Å²) in [5, 5.41) is 16.3. The van der Waals surface area contributed by atoms with Crippen molar-refractivity contribution in [1.29, 1.82) is 0 Å². The van der Waals surface area contributed by atoms with Crippen LogP contribution < -0.4 is 5.48 Å². The van der Waals surface area contributed by atoms with Gasteiger partial charge in [-0.2, -0.15) is 5.10 Å². The third kappa shape index (κ3) is 3.52.